The average molecular weight is 183 g/mol. The van der Waals surface area contributed by atoms with Crippen molar-refractivity contribution < 1.29 is 9.53 Å². The van der Waals surface area contributed by atoms with Gasteiger partial charge in [-0.3, -0.25) is 4.79 Å². The number of carbonyl (C=O) groups excluding carboxylic acids is 1. The third-order valence-electron chi connectivity index (χ3n) is 1.60. The van der Waals surface area contributed by atoms with Gasteiger partial charge in [-0.05, 0) is 6.92 Å². The Hall–Kier alpha value is -1.34. The second-order valence-electron chi connectivity index (χ2n) is 2.61. The number of hydrogen-bond donors (Lipinski definition) is 0. The van der Waals surface area contributed by atoms with Crippen LogP contribution in [0.25, 0.3) is 5.01 Å². The van der Waals surface area contributed by atoms with E-state index in [0.717, 1.165) is 0 Å². The van der Waals surface area contributed by atoms with Gasteiger partial charge in [0.15, 0.2) is 5.78 Å². The Bertz CT molecular complexity index is 251. The molecule has 0 aliphatic carbocycles. The molecule has 0 aromatic rings. The fourth-order valence-corrected chi connectivity index (χ4v) is 0.825. The highest BCUT2D eigenvalue weighted by Gasteiger charge is 2.37. The molecular weight excluding hydrogens is 170 g/mol. The van der Waals surface area contributed by atoms with E-state index < -0.39 is 5.60 Å². The molecule has 0 bridgehead atoms. The SMILES string of the molecule is C=CCOC(C)(C#[N+][O-])C(=O)CC. The molecule has 0 rings (SSSR count). The Balaban J connectivity index is 4.57. The molecule has 0 saturated carbocycles. The van der Waals surface area contributed by atoms with E-state index in [-0.39, 0.29) is 18.8 Å². The van der Waals surface area contributed by atoms with Crippen LogP contribution in [-0.4, -0.2) is 18.0 Å². The van der Waals surface area contributed by atoms with Gasteiger partial charge in [0.2, 0.25) is 0 Å². The molecule has 13 heavy (non-hydrogen) atoms. The largest absolute Gasteiger partial charge is 0.498 e. The molecule has 1 unspecified atom stereocenters. The summed E-state index contributed by atoms with van der Waals surface area (Å²) in [4.78, 5) is 11.3. The first-order chi connectivity index (χ1) is 6.10. The summed E-state index contributed by atoms with van der Waals surface area (Å²) < 4.78 is 5.10. The standard InChI is InChI=1S/C9H13NO3/c1-4-6-13-9(3,7-10-12)8(11)5-2/h4H,1,5-6H2,2-3H3. The van der Waals surface area contributed by atoms with E-state index in [9.17, 15) is 10.0 Å². The van der Waals surface area contributed by atoms with Crippen LogP contribution in [0.15, 0.2) is 12.7 Å². The van der Waals surface area contributed by atoms with Crippen LogP contribution >= 0.6 is 0 Å². The van der Waals surface area contributed by atoms with E-state index >= 15 is 0 Å². The van der Waals surface area contributed by atoms with Crippen LogP contribution in [0.1, 0.15) is 20.3 Å². The number of carbonyl (C=O) groups is 1. The predicted octanol–water partition coefficient (Wildman–Crippen LogP) is 1.76. The van der Waals surface area contributed by atoms with E-state index in [1.54, 1.807) is 6.92 Å². The minimum atomic E-state index is -1.33. The zero-order chi connectivity index (χ0) is 10.3. The summed E-state index contributed by atoms with van der Waals surface area (Å²) in [6.07, 6.45) is 1.77. The lowest BCUT2D eigenvalue weighted by atomic mass is 10.0. The molecule has 0 aliphatic heterocycles. The Morgan fingerprint density at radius 2 is 2.46 bits per heavy atom. The lowest BCUT2D eigenvalue weighted by Gasteiger charge is -2.15. The minimum Gasteiger partial charge on any atom is -0.498 e. The van der Waals surface area contributed by atoms with Crippen molar-refractivity contribution in [3.63, 3.8) is 0 Å². The zero-order valence-electron chi connectivity index (χ0n) is 7.87. The van der Waals surface area contributed by atoms with Crippen molar-refractivity contribution in [2.24, 2.45) is 0 Å². The van der Waals surface area contributed by atoms with Gasteiger partial charge in [-0.15, -0.1) is 6.58 Å². The monoisotopic (exact) mass is 183 g/mol. The zero-order valence-corrected chi connectivity index (χ0v) is 7.87. The van der Waals surface area contributed by atoms with Gasteiger partial charge in [-0.25, -0.2) is 0 Å². The highest BCUT2D eigenvalue weighted by atomic mass is 16.5. The highest BCUT2D eigenvalue weighted by Crippen LogP contribution is 2.13. The first kappa shape index (κ1) is 11.7. The Kier molecular flexibility index (Phi) is 4.78. The molecule has 0 radical (unpaired) electrons. The van der Waals surface area contributed by atoms with Crippen LogP contribution in [0, 0.1) is 11.3 Å². The van der Waals surface area contributed by atoms with Crippen molar-refractivity contribution in [1.29, 1.82) is 0 Å². The normalized spacial score (nSPS) is 13.7. The van der Waals surface area contributed by atoms with Crippen molar-refractivity contribution in [2.45, 2.75) is 25.9 Å². The summed E-state index contributed by atoms with van der Waals surface area (Å²) in [6, 6.07) is 2.09. The Morgan fingerprint density at radius 3 is 2.85 bits per heavy atom. The number of ether oxygens (including phenoxy) is 1. The predicted molar refractivity (Wildman–Crippen MR) is 50.5 cm³/mol. The first-order valence-corrected chi connectivity index (χ1v) is 3.98. The van der Waals surface area contributed by atoms with Crippen molar-refractivity contribution in [1.82, 2.24) is 0 Å². The number of rotatable bonds is 5. The van der Waals surface area contributed by atoms with Gasteiger partial charge in [-0.2, -0.15) is 0 Å². The third kappa shape index (κ3) is 3.26. The lowest BCUT2D eigenvalue weighted by molar-refractivity contribution is -0.134. The van der Waals surface area contributed by atoms with Crippen molar-refractivity contribution in [3.05, 3.63) is 22.9 Å². The minimum absolute atomic E-state index is 0.185. The van der Waals surface area contributed by atoms with E-state index in [1.807, 2.05) is 0 Å². The molecule has 0 amide bonds. The summed E-state index contributed by atoms with van der Waals surface area (Å²) in [7, 11) is 0. The van der Waals surface area contributed by atoms with Gasteiger partial charge in [-0.1, -0.05) is 13.0 Å². The molecule has 0 aromatic heterocycles. The van der Waals surface area contributed by atoms with Gasteiger partial charge in [0.1, 0.15) is 0 Å². The third-order valence-corrected chi connectivity index (χ3v) is 1.60. The highest BCUT2D eigenvalue weighted by molar-refractivity contribution is 5.89. The van der Waals surface area contributed by atoms with Gasteiger partial charge < -0.3 is 9.94 Å². The molecule has 0 heterocycles. The average Bonchev–Trinajstić information content (AvgIpc) is 2.14. The maximum atomic E-state index is 11.3. The van der Waals surface area contributed by atoms with Crippen LogP contribution < -0.4 is 0 Å². The van der Waals surface area contributed by atoms with Crippen molar-refractivity contribution >= 4 is 5.78 Å². The topological polar surface area (TPSA) is 53.7 Å². The number of hydrogen-bond acceptors (Lipinski definition) is 3. The lowest BCUT2D eigenvalue weighted by Crippen LogP contribution is -2.36. The molecule has 0 spiro atoms. The fourth-order valence-electron chi connectivity index (χ4n) is 0.825. The van der Waals surface area contributed by atoms with Crippen LogP contribution in [-0.2, 0) is 9.53 Å². The molecule has 4 heteroatoms. The molecule has 0 fully saturated rings. The second-order valence-corrected chi connectivity index (χ2v) is 2.61. The quantitative estimate of drug-likeness (QED) is 0.482. The summed E-state index contributed by atoms with van der Waals surface area (Å²) in [6.45, 7) is 6.77. The van der Waals surface area contributed by atoms with Crippen LogP contribution in [0.5, 0.6) is 0 Å². The summed E-state index contributed by atoms with van der Waals surface area (Å²) in [5.74, 6) is -0.228. The van der Waals surface area contributed by atoms with Crippen molar-refractivity contribution in [3.8, 4) is 6.07 Å². The van der Waals surface area contributed by atoms with Crippen molar-refractivity contribution in [2.75, 3.05) is 6.61 Å². The van der Waals surface area contributed by atoms with E-state index in [4.69, 9.17) is 4.74 Å². The molecule has 0 saturated heterocycles. The molecule has 72 valence electrons. The summed E-state index contributed by atoms with van der Waals surface area (Å²) in [5, 5.41) is 12.4. The molecule has 4 nitrogen and oxygen atoms in total. The van der Waals surface area contributed by atoms with E-state index in [1.165, 1.54) is 13.0 Å². The van der Waals surface area contributed by atoms with Gasteiger partial charge >= 0.3 is 6.07 Å². The molecule has 0 aromatic carbocycles. The maximum absolute atomic E-state index is 11.3. The maximum Gasteiger partial charge on any atom is 0.341 e. The first-order valence-electron chi connectivity index (χ1n) is 3.98. The summed E-state index contributed by atoms with van der Waals surface area (Å²) in [5.41, 5.74) is -1.33. The number of Topliss-reactive ketones (excluding diaryl/α,β-unsaturated/α-hetero) is 1. The van der Waals surface area contributed by atoms with Gasteiger partial charge in [0.05, 0.1) is 6.61 Å². The van der Waals surface area contributed by atoms with Crippen LogP contribution in [0.4, 0.5) is 0 Å². The van der Waals surface area contributed by atoms with E-state index in [0.29, 0.717) is 0 Å². The Morgan fingerprint density at radius 1 is 1.85 bits per heavy atom. The number of nitrogens with zero attached hydrogens (tertiary/aromatic N) is 1. The van der Waals surface area contributed by atoms with Crippen LogP contribution in [0.3, 0.4) is 0 Å². The van der Waals surface area contributed by atoms with Gasteiger partial charge in [0.25, 0.3) is 5.60 Å². The molecular formula is C9H13NO3. The molecule has 0 N–H and O–H groups in total. The molecule has 1 atom stereocenters. The Labute approximate surface area is 77.6 Å². The molecule has 0 aliphatic rings. The number of ketones is 1. The van der Waals surface area contributed by atoms with E-state index in [2.05, 4.69) is 17.7 Å². The second kappa shape index (κ2) is 5.33. The smallest absolute Gasteiger partial charge is 0.341 e. The van der Waals surface area contributed by atoms with Crippen LogP contribution in [0.2, 0.25) is 0 Å². The van der Waals surface area contributed by atoms with Gasteiger partial charge in [0, 0.05) is 11.4 Å². The summed E-state index contributed by atoms with van der Waals surface area (Å²) >= 11 is 0. The fraction of sp³-hybridized carbons (Fsp3) is 0.556.